The van der Waals surface area contributed by atoms with Gasteiger partial charge in [0.05, 0.1) is 0 Å². The number of amides is 1. The number of halogens is 1. The molecule has 0 aliphatic carbocycles. The molecule has 2 saturated heterocycles. The first-order valence-corrected chi connectivity index (χ1v) is 11.5. The molecular formula is C25H31FN4O3. The first-order chi connectivity index (χ1) is 16.0. The Kier molecular flexibility index (Phi) is 8.04. The van der Waals surface area contributed by atoms with E-state index in [9.17, 15) is 9.18 Å². The van der Waals surface area contributed by atoms with E-state index in [0.29, 0.717) is 24.6 Å². The number of anilines is 1. The SMILES string of the molecule is Cc1ccc(CN2CC[C@@H](Nc3ccc(C=C(F)C(=O)NOC4CCCCO4)cn3)C2)cc1. The highest BCUT2D eigenvalue weighted by atomic mass is 19.1. The highest BCUT2D eigenvalue weighted by Gasteiger charge is 2.22. The molecule has 176 valence electrons. The van der Waals surface area contributed by atoms with Crippen LogP contribution >= 0.6 is 0 Å². The fraction of sp³-hybridized carbons (Fsp3) is 0.440. The maximum absolute atomic E-state index is 14.2. The number of hydrogen-bond donors (Lipinski definition) is 2. The van der Waals surface area contributed by atoms with Crippen molar-refractivity contribution in [3.05, 3.63) is 65.1 Å². The number of aryl methyl sites for hydroxylation is 1. The number of nitrogens with zero attached hydrogens (tertiary/aromatic N) is 2. The summed E-state index contributed by atoms with van der Waals surface area (Å²) in [7, 11) is 0. The molecule has 8 heteroatoms. The molecule has 2 fully saturated rings. The van der Waals surface area contributed by atoms with Crippen molar-refractivity contribution in [2.45, 2.75) is 51.5 Å². The fourth-order valence-corrected chi connectivity index (χ4v) is 4.01. The van der Waals surface area contributed by atoms with E-state index in [1.807, 2.05) is 0 Å². The summed E-state index contributed by atoms with van der Waals surface area (Å²) in [6.07, 6.45) is 5.78. The molecular weight excluding hydrogens is 423 g/mol. The fourth-order valence-electron chi connectivity index (χ4n) is 4.01. The summed E-state index contributed by atoms with van der Waals surface area (Å²) in [5.74, 6) is -1.15. The Labute approximate surface area is 193 Å². The van der Waals surface area contributed by atoms with Gasteiger partial charge in [-0.25, -0.2) is 19.7 Å². The third kappa shape index (κ3) is 7.08. The molecule has 33 heavy (non-hydrogen) atoms. The molecule has 0 radical (unpaired) electrons. The number of ether oxygens (including phenoxy) is 1. The van der Waals surface area contributed by atoms with Crippen molar-refractivity contribution in [2.75, 3.05) is 25.0 Å². The average Bonchev–Trinajstić information content (AvgIpc) is 3.27. The van der Waals surface area contributed by atoms with Crippen molar-refractivity contribution in [3.8, 4) is 0 Å². The molecule has 0 bridgehead atoms. The van der Waals surface area contributed by atoms with E-state index >= 15 is 0 Å². The molecule has 0 spiro atoms. The Morgan fingerprint density at radius 1 is 1.24 bits per heavy atom. The van der Waals surface area contributed by atoms with E-state index in [2.05, 4.69) is 51.9 Å². The van der Waals surface area contributed by atoms with Gasteiger partial charge in [-0.1, -0.05) is 29.8 Å². The number of carbonyl (C=O) groups excluding carboxylic acids is 1. The Hall–Kier alpha value is -2.81. The zero-order chi connectivity index (χ0) is 23.0. The molecule has 2 N–H and O–H groups in total. The van der Waals surface area contributed by atoms with Gasteiger partial charge in [0.1, 0.15) is 5.82 Å². The van der Waals surface area contributed by atoms with E-state index in [-0.39, 0.29) is 0 Å². The molecule has 1 aromatic carbocycles. The van der Waals surface area contributed by atoms with Gasteiger partial charge in [0.2, 0.25) is 0 Å². The molecule has 7 nitrogen and oxygen atoms in total. The molecule has 1 amide bonds. The lowest BCUT2D eigenvalue weighted by molar-refractivity contribution is -0.199. The van der Waals surface area contributed by atoms with E-state index in [1.165, 1.54) is 11.1 Å². The number of nitrogens with one attached hydrogen (secondary N) is 2. The van der Waals surface area contributed by atoms with Crippen molar-refractivity contribution in [1.82, 2.24) is 15.4 Å². The van der Waals surface area contributed by atoms with E-state index in [4.69, 9.17) is 9.57 Å². The summed E-state index contributed by atoms with van der Waals surface area (Å²) in [6, 6.07) is 12.5. The number of pyridine rings is 1. The Bertz CT molecular complexity index is 943. The molecule has 2 aromatic rings. The van der Waals surface area contributed by atoms with Crippen LogP contribution in [0.2, 0.25) is 0 Å². The van der Waals surface area contributed by atoms with Crippen LogP contribution in [0.25, 0.3) is 6.08 Å². The Morgan fingerprint density at radius 3 is 2.82 bits per heavy atom. The lowest BCUT2D eigenvalue weighted by atomic mass is 10.1. The second-order valence-corrected chi connectivity index (χ2v) is 8.66. The molecule has 4 rings (SSSR count). The Morgan fingerprint density at radius 2 is 2.09 bits per heavy atom. The van der Waals surface area contributed by atoms with Crippen LogP contribution in [0.1, 0.15) is 42.4 Å². The molecule has 0 saturated carbocycles. The molecule has 3 heterocycles. The van der Waals surface area contributed by atoms with Crippen molar-refractivity contribution >= 4 is 17.8 Å². The summed E-state index contributed by atoms with van der Waals surface area (Å²) in [4.78, 5) is 23.8. The highest BCUT2D eigenvalue weighted by molar-refractivity contribution is 5.94. The van der Waals surface area contributed by atoms with Gasteiger partial charge in [0.25, 0.3) is 0 Å². The van der Waals surface area contributed by atoms with Gasteiger partial charge in [0, 0.05) is 44.9 Å². The number of rotatable bonds is 8. The minimum absolute atomic E-state index is 0.311. The minimum atomic E-state index is -0.948. The summed E-state index contributed by atoms with van der Waals surface area (Å²) < 4.78 is 19.5. The standard InChI is InChI=1S/C25H31FN4O3/c1-18-5-7-19(8-6-18)16-30-12-11-21(17-30)28-23-10-9-20(15-27-23)14-22(26)25(31)29-33-24-4-2-3-13-32-24/h5-10,14-15,21,24H,2-4,11-13,16-17H2,1H3,(H,27,28)(H,29,31)/t21-,24?/m1/s1. The normalized spacial score (nSPS) is 21.7. The smallest absolute Gasteiger partial charge is 0.303 e. The molecule has 1 aromatic heterocycles. The van der Waals surface area contributed by atoms with Crippen LogP contribution < -0.4 is 10.8 Å². The number of hydroxylamine groups is 1. The van der Waals surface area contributed by atoms with Crippen LogP contribution in [-0.4, -0.2) is 47.8 Å². The monoisotopic (exact) mass is 454 g/mol. The third-order valence-electron chi connectivity index (χ3n) is 5.87. The van der Waals surface area contributed by atoms with Gasteiger partial charge in [-0.3, -0.25) is 9.69 Å². The van der Waals surface area contributed by atoms with Crippen LogP contribution in [0, 0.1) is 6.92 Å². The van der Waals surface area contributed by atoms with Crippen LogP contribution in [0.15, 0.2) is 48.4 Å². The highest BCUT2D eigenvalue weighted by Crippen LogP contribution is 2.18. The van der Waals surface area contributed by atoms with Gasteiger partial charge >= 0.3 is 5.91 Å². The van der Waals surface area contributed by atoms with Crippen LogP contribution in [0.5, 0.6) is 0 Å². The molecule has 2 aliphatic heterocycles. The number of likely N-dealkylation sites (tertiary alicyclic amines) is 1. The maximum atomic E-state index is 14.2. The van der Waals surface area contributed by atoms with Crippen LogP contribution in [0.3, 0.4) is 0 Å². The number of aromatic nitrogens is 1. The lowest BCUT2D eigenvalue weighted by Gasteiger charge is -2.21. The summed E-state index contributed by atoms with van der Waals surface area (Å²) in [5, 5.41) is 3.45. The molecule has 1 unspecified atom stereocenters. The molecule has 2 atom stereocenters. The Balaban J connectivity index is 1.23. The third-order valence-corrected chi connectivity index (χ3v) is 5.87. The maximum Gasteiger partial charge on any atom is 0.303 e. The van der Waals surface area contributed by atoms with E-state index < -0.39 is 18.0 Å². The van der Waals surface area contributed by atoms with E-state index in [0.717, 1.165) is 50.8 Å². The quantitative estimate of drug-likeness (QED) is 0.465. The zero-order valence-corrected chi connectivity index (χ0v) is 18.9. The van der Waals surface area contributed by atoms with Crippen LogP contribution in [-0.2, 0) is 20.9 Å². The van der Waals surface area contributed by atoms with Crippen molar-refractivity contribution in [3.63, 3.8) is 0 Å². The van der Waals surface area contributed by atoms with E-state index in [1.54, 1.807) is 18.3 Å². The second-order valence-electron chi connectivity index (χ2n) is 8.66. The summed E-state index contributed by atoms with van der Waals surface area (Å²) in [6.45, 7) is 5.58. The topological polar surface area (TPSA) is 75.7 Å². The first kappa shape index (κ1) is 23.4. The lowest BCUT2D eigenvalue weighted by Crippen LogP contribution is -2.33. The van der Waals surface area contributed by atoms with Gasteiger partial charge in [0.15, 0.2) is 12.1 Å². The zero-order valence-electron chi connectivity index (χ0n) is 18.9. The second kappa shape index (κ2) is 11.4. The van der Waals surface area contributed by atoms with Gasteiger partial charge < -0.3 is 10.1 Å². The van der Waals surface area contributed by atoms with Gasteiger partial charge in [-0.15, -0.1) is 0 Å². The van der Waals surface area contributed by atoms with Crippen molar-refractivity contribution in [1.29, 1.82) is 0 Å². The average molecular weight is 455 g/mol. The molecule has 2 aliphatic rings. The number of benzene rings is 1. The largest absolute Gasteiger partial charge is 0.366 e. The number of carbonyl (C=O) groups is 1. The van der Waals surface area contributed by atoms with Crippen molar-refractivity contribution < 1.29 is 18.8 Å². The van der Waals surface area contributed by atoms with Crippen LogP contribution in [0.4, 0.5) is 10.2 Å². The number of hydrogen-bond acceptors (Lipinski definition) is 6. The minimum Gasteiger partial charge on any atom is -0.366 e. The van der Waals surface area contributed by atoms with Gasteiger partial charge in [-0.05, 0) is 55.5 Å². The first-order valence-electron chi connectivity index (χ1n) is 11.5. The predicted octanol–water partition coefficient (Wildman–Crippen LogP) is 3.96. The van der Waals surface area contributed by atoms with Gasteiger partial charge in [-0.2, -0.15) is 0 Å². The van der Waals surface area contributed by atoms with Crippen molar-refractivity contribution in [2.24, 2.45) is 0 Å². The summed E-state index contributed by atoms with van der Waals surface area (Å²) in [5.41, 5.74) is 5.19. The predicted molar refractivity (Wildman–Crippen MR) is 125 cm³/mol. The summed E-state index contributed by atoms with van der Waals surface area (Å²) >= 11 is 0.